The molecule has 28 heteroatoms. The fourth-order valence-electron chi connectivity index (χ4n) is 7.31. The Hall–Kier alpha value is -1.57. The van der Waals surface area contributed by atoms with E-state index in [4.69, 9.17) is 53.1 Å². The summed E-state index contributed by atoms with van der Waals surface area (Å²) in [5, 5.41) is 167. The van der Waals surface area contributed by atoms with Gasteiger partial charge in [-0.15, -0.1) is 0 Å². The van der Waals surface area contributed by atoms with Crippen LogP contribution in [0, 0.1) is 0 Å². The van der Waals surface area contributed by atoms with Gasteiger partial charge in [-0.25, -0.2) is 4.79 Å². The Kier molecular flexibility index (Phi) is 17.6. The van der Waals surface area contributed by atoms with E-state index in [-0.39, 0.29) is 13.2 Å². The number of hydrogen-bond donors (Lipinski definition) is 17. The number of rotatable bonds is 16. The molecule has 0 aromatic heterocycles. The van der Waals surface area contributed by atoms with Crippen LogP contribution in [0.15, 0.2) is 0 Å². The van der Waals surface area contributed by atoms with E-state index in [2.05, 4.69) is 0 Å². The van der Waals surface area contributed by atoms with Gasteiger partial charge in [-0.1, -0.05) is 0 Å². The van der Waals surface area contributed by atoms with Gasteiger partial charge in [0.25, 0.3) is 0 Å². The van der Waals surface area contributed by atoms with E-state index in [1.54, 1.807) is 0 Å². The molecule has 5 saturated heterocycles. The van der Waals surface area contributed by atoms with Crippen molar-refractivity contribution < 1.29 is 134 Å². The number of nitrogens with two attached hydrogens (primary N) is 1. The lowest BCUT2D eigenvalue weighted by atomic mass is 9.95. The Morgan fingerprint density at radius 2 is 0.733 bits per heavy atom. The number of aliphatic hydroxyl groups is 15. The third-order valence-corrected chi connectivity index (χ3v) is 10.7. The number of hydrogen-bond acceptors (Lipinski definition) is 27. The van der Waals surface area contributed by atoms with Gasteiger partial charge in [0.15, 0.2) is 37.6 Å². The fraction of sp³-hybridized carbons (Fsp3) is 0.969. The van der Waals surface area contributed by atoms with E-state index in [9.17, 15) is 86.5 Å². The van der Waals surface area contributed by atoms with Crippen LogP contribution in [0.1, 0.15) is 0 Å². The van der Waals surface area contributed by atoms with E-state index in [0.29, 0.717) is 0 Å². The molecule has 0 spiro atoms. The molecule has 0 saturated carbocycles. The normalized spacial score (nSPS) is 50.4. The lowest BCUT2D eigenvalue weighted by molar-refractivity contribution is -0.391. The lowest BCUT2D eigenvalue weighted by Crippen LogP contribution is -2.68. The van der Waals surface area contributed by atoms with Crippen molar-refractivity contribution in [2.75, 3.05) is 39.6 Å². The molecule has 0 aromatic rings. The summed E-state index contributed by atoms with van der Waals surface area (Å²) in [5.41, 5.74) is 5.39. The van der Waals surface area contributed by atoms with E-state index in [1.165, 1.54) is 0 Å². The molecule has 18 N–H and O–H groups in total. The third kappa shape index (κ3) is 10.2. The first-order chi connectivity index (χ1) is 28.4. The van der Waals surface area contributed by atoms with Crippen LogP contribution in [0.4, 0.5) is 0 Å². The number of aliphatic hydroxyl groups excluding tert-OH is 15. The molecule has 5 aliphatic heterocycles. The summed E-state index contributed by atoms with van der Waals surface area (Å²) in [7, 11) is 0. The highest BCUT2D eigenvalue weighted by molar-refractivity contribution is 5.73. The lowest BCUT2D eigenvalue weighted by Gasteiger charge is -2.49. The quantitative estimate of drug-likeness (QED) is 0.0684. The summed E-state index contributed by atoms with van der Waals surface area (Å²) in [5.74, 6) is -1.84. The van der Waals surface area contributed by atoms with Crippen molar-refractivity contribution in [1.82, 2.24) is 0 Å². The summed E-state index contributed by atoms with van der Waals surface area (Å²) >= 11 is 0. The Morgan fingerprint density at radius 3 is 1.12 bits per heavy atom. The number of aliphatic carboxylic acids is 1. The van der Waals surface area contributed by atoms with Crippen molar-refractivity contribution in [3.8, 4) is 0 Å². The number of carbonyl (C=O) groups is 1. The molecular weight excluding hydrogens is 830 g/mol. The molecule has 5 heterocycles. The molecule has 5 aliphatic rings. The molecule has 60 heavy (non-hydrogen) atoms. The van der Waals surface area contributed by atoms with Crippen molar-refractivity contribution in [3.05, 3.63) is 0 Å². The van der Waals surface area contributed by atoms with E-state index < -0.39 is 186 Å². The summed E-state index contributed by atoms with van der Waals surface area (Å²) in [4.78, 5) is 12.2. The smallest absolute Gasteiger partial charge is 0.335 e. The molecule has 0 radical (unpaired) electrons. The molecule has 350 valence electrons. The van der Waals surface area contributed by atoms with Gasteiger partial charge in [0, 0.05) is 6.54 Å². The largest absolute Gasteiger partial charge is 0.479 e. The molecule has 5 rings (SSSR count). The summed E-state index contributed by atoms with van der Waals surface area (Å²) in [6.07, 6.45) is -47.7. The molecule has 25 atom stereocenters. The second-order valence-corrected chi connectivity index (χ2v) is 14.6. The topological polar surface area (TPSA) is 459 Å². The maximum atomic E-state index is 12.2. The van der Waals surface area contributed by atoms with Gasteiger partial charge in [0.2, 0.25) is 0 Å². The predicted octanol–water partition coefficient (Wildman–Crippen LogP) is -11.8. The highest BCUT2D eigenvalue weighted by Gasteiger charge is 2.57. The van der Waals surface area contributed by atoms with Crippen molar-refractivity contribution in [1.29, 1.82) is 0 Å². The second kappa shape index (κ2) is 21.4. The van der Waals surface area contributed by atoms with Gasteiger partial charge in [0.05, 0.1) is 33.0 Å². The van der Waals surface area contributed by atoms with Crippen molar-refractivity contribution >= 4 is 5.97 Å². The van der Waals surface area contributed by atoms with Crippen LogP contribution in [0.3, 0.4) is 0 Å². The van der Waals surface area contributed by atoms with Crippen molar-refractivity contribution in [2.24, 2.45) is 5.73 Å². The standard InChI is InChI=1S/C32H55NO27/c33-1-2-51-28-18(45)13(40)22(8(4-35)53-28)56-30-19(46)14(41)23(9(5-36)54-30)57-31-20(47)15(42)24(10(6-37)55-31)58-32-21(48)16(43)25(26(60-32)27(49)50)59-29-17(44)12(39)11(38)7(3-34)52-29/h7-26,28-32,34-48H,1-6,33H2,(H,49,50). The highest BCUT2D eigenvalue weighted by atomic mass is 16.8. The van der Waals surface area contributed by atoms with Gasteiger partial charge in [-0.05, 0) is 0 Å². The summed E-state index contributed by atoms with van der Waals surface area (Å²) in [6, 6.07) is 0. The number of carboxylic acids is 1. The third-order valence-electron chi connectivity index (χ3n) is 10.7. The molecule has 0 amide bonds. The van der Waals surface area contributed by atoms with E-state index >= 15 is 0 Å². The first kappa shape index (κ1) is 49.4. The first-order valence-corrected chi connectivity index (χ1v) is 18.8. The van der Waals surface area contributed by atoms with Crippen LogP contribution in [0.2, 0.25) is 0 Å². The molecule has 28 nitrogen and oxygen atoms in total. The molecule has 5 fully saturated rings. The van der Waals surface area contributed by atoms with Crippen LogP contribution in [0.5, 0.6) is 0 Å². The zero-order valence-corrected chi connectivity index (χ0v) is 31.4. The molecule has 0 aliphatic carbocycles. The average molecular weight is 886 g/mol. The minimum atomic E-state index is -2.25. The van der Waals surface area contributed by atoms with Crippen molar-refractivity contribution in [2.45, 2.75) is 154 Å². The Morgan fingerprint density at radius 1 is 0.417 bits per heavy atom. The SMILES string of the molecule is NCCOC1OC(CO)C(OC2OC(CO)C(OC3OC(CO)C(OC4OC(C(=O)O)C(OC5OC(CO)C(O)C(O)C5O)C(O)C4O)C(O)C3O)C(O)C2O)C(O)C1O. The Balaban J connectivity index is 1.23. The molecule has 0 aromatic carbocycles. The Labute approximate surface area is 338 Å². The molecular formula is C32H55NO27. The minimum absolute atomic E-state index is 0.0344. The van der Waals surface area contributed by atoms with Crippen LogP contribution in [0.25, 0.3) is 0 Å². The second-order valence-electron chi connectivity index (χ2n) is 14.6. The van der Waals surface area contributed by atoms with Gasteiger partial charge in [0.1, 0.15) is 116 Å². The molecule has 0 bridgehead atoms. The number of ether oxygens (including phenoxy) is 10. The van der Waals surface area contributed by atoms with Gasteiger partial charge < -0.3 is 135 Å². The zero-order valence-electron chi connectivity index (χ0n) is 31.4. The van der Waals surface area contributed by atoms with Crippen molar-refractivity contribution in [3.63, 3.8) is 0 Å². The summed E-state index contributed by atoms with van der Waals surface area (Å²) < 4.78 is 54.4. The van der Waals surface area contributed by atoms with Crippen LogP contribution >= 0.6 is 0 Å². The summed E-state index contributed by atoms with van der Waals surface area (Å²) in [6.45, 7) is -3.73. The monoisotopic (exact) mass is 885 g/mol. The highest BCUT2D eigenvalue weighted by Crippen LogP contribution is 2.35. The average Bonchev–Trinajstić information content (AvgIpc) is 3.23. The van der Waals surface area contributed by atoms with Crippen LogP contribution < -0.4 is 5.73 Å². The predicted molar refractivity (Wildman–Crippen MR) is 180 cm³/mol. The van der Waals surface area contributed by atoms with Gasteiger partial charge in [-0.2, -0.15) is 0 Å². The van der Waals surface area contributed by atoms with E-state index in [1.807, 2.05) is 0 Å². The number of carboxylic acid groups (broad SMARTS) is 1. The van der Waals surface area contributed by atoms with Crippen LogP contribution in [-0.4, -0.2) is 281 Å². The van der Waals surface area contributed by atoms with E-state index in [0.717, 1.165) is 0 Å². The fourth-order valence-corrected chi connectivity index (χ4v) is 7.31. The van der Waals surface area contributed by atoms with Crippen LogP contribution in [-0.2, 0) is 52.2 Å². The molecule has 25 unspecified atom stereocenters. The maximum Gasteiger partial charge on any atom is 0.335 e. The van der Waals surface area contributed by atoms with Gasteiger partial charge >= 0.3 is 5.97 Å². The zero-order chi connectivity index (χ0) is 44.3. The van der Waals surface area contributed by atoms with Gasteiger partial charge in [-0.3, -0.25) is 0 Å². The minimum Gasteiger partial charge on any atom is -0.479 e. The Bertz CT molecular complexity index is 1330. The first-order valence-electron chi connectivity index (χ1n) is 18.8. The maximum absolute atomic E-state index is 12.2.